The summed E-state index contributed by atoms with van der Waals surface area (Å²) in [6.07, 6.45) is -0.511. The van der Waals surface area contributed by atoms with Crippen LogP contribution < -0.4 is 0 Å². The number of carboxylic acid groups (broad SMARTS) is 1. The first-order chi connectivity index (χ1) is 6.99. The maximum absolute atomic E-state index is 12.3. The number of carboxylic acids is 1. The fraction of sp³-hybridized carbons (Fsp3) is 0.875. The summed E-state index contributed by atoms with van der Waals surface area (Å²) in [5, 5.41) is 8.42. The first kappa shape index (κ1) is 15.2. The summed E-state index contributed by atoms with van der Waals surface area (Å²) in [4.78, 5) is 10.3. The predicted molar refractivity (Wildman–Crippen MR) is 53.6 cm³/mol. The fourth-order valence-corrected chi connectivity index (χ4v) is 2.44. The van der Waals surface area contributed by atoms with E-state index in [0.29, 0.717) is 4.31 Å². The van der Waals surface area contributed by atoms with Crippen molar-refractivity contribution < 1.29 is 27.1 Å². The van der Waals surface area contributed by atoms with Gasteiger partial charge in [-0.15, -0.1) is 0 Å². The Morgan fingerprint density at radius 2 is 1.81 bits per heavy atom. The van der Waals surface area contributed by atoms with Crippen molar-refractivity contribution in [2.75, 3.05) is 6.54 Å². The molecule has 0 aromatic carbocycles. The molecule has 8 heteroatoms. The minimum absolute atomic E-state index is 0.467. The summed E-state index contributed by atoms with van der Waals surface area (Å²) in [5.74, 6) is -4.78. The highest BCUT2D eigenvalue weighted by atomic mass is 32.2. The zero-order chi connectivity index (χ0) is 13.1. The number of carbonyl (C=O) groups is 1. The van der Waals surface area contributed by atoms with Gasteiger partial charge in [0.15, 0.2) is 0 Å². The molecule has 0 aromatic rings. The first-order valence-corrected chi connectivity index (χ1v) is 6.01. The van der Waals surface area contributed by atoms with Gasteiger partial charge in [-0.2, -0.15) is 13.1 Å². The molecular weight excluding hydrogens is 244 g/mol. The lowest BCUT2D eigenvalue weighted by Crippen LogP contribution is -2.48. The first-order valence-electron chi connectivity index (χ1n) is 4.51. The summed E-state index contributed by atoms with van der Waals surface area (Å²) < 4.78 is 47.7. The van der Waals surface area contributed by atoms with Crippen molar-refractivity contribution in [2.45, 2.75) is 38.5 Å². The number of hydrogen-bond donors (Lipinski definition) is 1. The lowest BCUT2D eigenvalue weighted by molar-refractivity contribution is -0.137. The summed E-state index contributed by atoms with van der Waals surface area (Å²) >= 11 is 0. The molecule has 0 aliphatic rings. The molecule has 0 aromatic heterocycles. The Labute approximate surface area is 93.1 Å². The van der Waals surface area contributed by atoms with Crippen LogP contribution in [0.25, 0.3) is 0 Å². The second kappa shape index (κ2) is 5.05. The number of sulfonamides is 1. The van der Waals surface area contributed by atoms with Gasteiger partial charge in [0.05, 0.1) is 6.42 Å². The molecule has 0 rings (SSSR count). The summed E-state index contributed by atoms with van der Waals surface area (Å²) in [5.41, 5.74) is -1.08. The summed E-state index contributed by atoms with van der Waals surface area (Å²) in [7, 11) is -4.76. The zero-order valence-electron chi connectivity index (χ0n) is 9.27. The van der Waals surface area contributed by atoms with E-state index in [0.717, 1.165) is 0 Å². The number of nitrogens with zero attached hydrogens (tertiary/aromatic N) is 1. The van der Waals surface area contributed by atoms with Crippen LogP contribution in [0.2, 0.25) is 0 Å². The van der Waals surface area contributed by atoms with Crippen molar-refractivity contribution in [2.24, 2.45) is 0 Å². The average Bonchev–Trinajstić information content (AvgIpc) is 1.99. The van der Waals surface area contributed by atoms with Crippen molar-refractivity contribution in [3.05, 3.63) is 0 Å². The lowest BCUT2D eigenvalue weighted by atomic mass is 10.1. The smallest absolute Gasteiger partial charge is 0.350 e. The minimum atomic E-state index is -4.76. The van der Waals surface area contributed by atoms with Crippen LogP contribution in [0, 0.1) is 0 Å². The number of alkyl halides is 2. The Kier molecular flexibility index (Phi) is 4.81. The van der Waals surface area contributed by atoms with Gasteiger partial charge in [0.2, 0.25) is 0 Å². The second-order valence-corrected chi connectivity index (χ2v) is 6.02. The van der Waals surface area contributed by atoms with Crippen LogP contribution in [0.3, 0.4) is 0 Å². The van der Waals surface area contributed by atoms with Crippen molar-refractivity contribution in [3.63, 3.8) is 0 Å². The molecular formula is C8H15F2NO4S. The van der Waals surface area contributed by atoms with Crippen LogP contribution >= 0.6 is 0 Å². The van der Waals surface area contributed by atoms with Gasteiger partial charge in [-0.05, 0) is 20.8 Å². The third-order valence-corrected chi connectivity index (χ3v) is 3.60. The van der Waals surface area contributed by atoms with Crippen LogP contribution in [0.4, 0.5) is 8.78 Å². The molecule has 96 valence electrons. The Morgan fingerprint density at radius 1 is 1.38 bits per heavy atom. The van der Waals surface area contributed by atoms with E-state index in [4.69, 9.17) is 5.11 Å². The molecule has 0 aliphatic carbocycles. The topological polar surface area (TPSA) is 74.7 Å². The molecule has 5 nitrogen and oxygen atoms in total. The van der Waals surface area contributed by atoms with E-state index in [1.54, 1.807) is 0 Å². The molecule has 0 bridgehead atoms. The van der Waals surface area contributed by atoms with Crippen molar-refractivity contribution >= 4 is 16.0 Å². The number of aliphatic carboxylic acids is 1. The van der Waals surface area contributed by atoms with E-state index in [1.807, 2.05) is 0 Å². The number of rotatable bonds is 5. The quantitative estimate of drug-likeness (QED) is 0.802. The highest BCUT2D eigenvalue weighted by molar-refractivity contribution is 7.89. The lowest BCUT2D eigenvalue weighted by Gasteiger charge is -2.33. The van der Waals surface area contributed by atoms with E-state index in [9.17, 15) is 22.0 Å². The maximum Gasteiger partial charge on any atom is 0.350 e. The largest absolute Gasteiger partial charge is 0.481 e. The molecule has 0 spiro atoms. The van der Waals surface area contributed by atoms with E-state index in [-0.39, 0.29) is 0 Å². The zero-order valence-corrected chi connectivity index (χ0v) is 10.1. The van der Waals surface area contributed by atoms with E-state index in [1.165, 1.54) is 20.8 Å². The number of halogens is 2. The highest BCUT2D eigenvalue weighted by Crippen LogP contribution is 2.22. The van der Waals surface area contributed by atoms with Gasteiger partial charge < -0.3 is 5.11 Å². The van der Waals surface area contributed by atoms with E-state index < -0.39 is 40.3 Å². The molecule has 0 heterocycles. The molecule has 0 fully saturated rings. The molecule has 16 heavy (non-hydrogen) atoms. The van der Waals surface area contributed by atoms with Gasteiger partial charge in [0, 0.05) is 12.1 Å². The third-order valence-electron chi connectivity index (χ3n) is 1.81. The van der Waals surface area contributed by atoms with E-state index in [2.05, 4.69) is 0 Å². The molecule has 0 unspecified atom stereocenters. The third kappa shape index (κ3) is 4.01. The molecule has 0 aliphatic heterocycles. The van der Waals surface area contributed by atoms with Gasteiger partial charge in [-0.1, -0.05) is 0 Å². The summed E-state index contributed by atoms with van der Waals surface area (Å²) in [6.45, 7) is 3.81. The predicted octanol–water partition coefficient (Wildman–Crippen LogP) is 1.11. The molecule has 0 saturated heterocycles. The van der Waals surface area contributed by atoms with Crippen molar-refractivity contribution in [3.8, 4) is 0 Å². The van der Waals surface area contributed by atoms with Gasteiger partial charge in [0.1, 0.15) is 0 Å². The monoisotopic (exact) mass is 259 g/mol. The normalized spacial score (nSPS) is 13.4. The van der Waals surface area contributed by atoms with Gasteiger partial charge in [-0.3, -0.25) is 4.79 Å². The van der Waals surface area contributed by atoms with Crippen LogP contribution in [0.1, 0.15) is 27.2 Å². The Balaban J connectivity index is 5.05. The standard InChI is InChI=1S/C8H15F2NO4S/c1-8(2,3)11(5-4-6(12)13)16(14,15)7(9)10/h7H,4-5H2,1-3H3,(H,12,13). The Hall–Kier alpha value is -0.760. The van der Waals surface area contributed by atoms with Crippen LogP contribution in [0.5, 0.6) is 0 Å². The van der Waals surface area contributed by atoms with Crippen LogP contribution in [-0.4, -0.2) is 41.6 Å². The van der Waals surface area contributed by atoms with Gasteiger partial charge in [0.25, 0.3) is 10.0 Å². The van der Waals surface area contributed by atoms with Gasteiger partial charge in [-0.25, -0.2) is 8.42 Å². The molecule has 1 N–H and O–H groups in total. The molecule has 0 radical (unpaired) electrons. The average molecular weight is 259 g/mol. The SMILES string of the molecule is CC(C)(C)N(CCC(=O)O)S(=O)(=O)C(F)F. The number of hydrogen-bond acceptors (Lipinski definition) is 3. The Bertz CT molecular complexity index is 348. The van der Waals surface area contributed by atoms with Crippen molar-refractivity contribution in [1.29, 1.82) is 0 Å². The second-order valence-electron chi connectivity index (χ2n) is 4.19. The maximum atomic E-state index is 12.3. The minimum Gasteiger partial charge on any atom is -0.481 e. The van der Waals surface area contributed by atoms with Crippen LogP contribution in [-0.2, 0) is 14.8 Å². The van der Waals surface area contributed by atoms with Crippen molar-refractivity contribution in [1.82, 2.24) is 4.31 Å². The highest BCUT2D eigenvalue weighted by Gasteiger charge is 2.38. The molecule has 0 saturated carbocycles. The fourth-order valence-electron chi connectivity index (χ4n) is 1.14. The summed E-state index contributed by atoms with van der Waals surface area (Å²) in [6, 6.07) is 0. The van der Waals surface area contributed by atoms with Crippen LogP contribution in [0.15, 0.2) is 0 Å². The molecule has 0 atom stereocenters. The molecule has 0 amide bonds. The Morgan fingerprint density at radius 3 is 2.06 bits per heavy atom. The van der Waals surface area contributed by atoms with E-state index >= 15 is 0 Å². The van der Waals surface area contributed by atoms with Gasteiger partial charge >= 0.3 is 11.7 Å².